The minimum Gasteiger partial charge on any atom is -0.748 e. The molecule has 2 atom stereocenters. The molecule has 7 heteroatoms. The smallest absolute Gasteiger partial charge is 0.0769 e. The van der Waals surface area contributed by atoms with Crippen LogP contribution in [-0.4, -0.2) is 30.8 Å². The molecule has 0 N–H and O–H groups in total. The van der Waals surface area contributed by atoms with E-state index in [0.717, 1.165) is 46.9 Å². The molecule has 2 aromatic carbocycles. The molecular weight excluding hydrogens is 630 g/mol. The van der Waals surface area contributed by atoms with E-state index in [1.165, 1.54) is 48.8 Å². The maximum absolute atomic E-state index is 4.85. The molecule has 2 unspecified atom stereocenters. The molecule has 4 bridgehead atoms. The molecule has 2 heterocycles. The molecule has 45 heavy (non-hydrogen) atoms. The average molecular weight is 681 g/mol. The Bertz CT molecular complexity index is 1400. The molecule has 4 fully saturated rings. The zero-order valence-corrected chi connectivity index (χ0v) is 31.0. The maximum Gasteiger partial charge on any atom is 0.0769 e. The van der Waals surface area contributed by atoms with Crippen molar-refractivity contribution in [3.63, 3.8) is 0 Å². The summed E-state index contributed by atoms with van der Waals surface area (Å²) in [5.74, 6) is 3.90. The second kappa shape index (κ2) is 13.8. The summed E-state index contributed by atoms with van der Waals surface area (Å²) < 4.78 is 0. The number of hydrogen-bond acceptors (Lipinski definition) is 4. The van der Waals surface area contributed by atoms with Gasteiger partial charge in [-0.25, -0.2) is 6.07 Å². The van der Waals surface area contributed by atoms with Crippen LogP contribution < -0.4 is 0 Å². The number of hydrogen-bond donors (Lipinski definition) is 0. The van der Waals surface area contributed by atoms with Gasteiger partial charge in [-0.05, 0) is 66.6 Å². The third kappa shape index (κ3) is 7.23. The Morgan fingerprint density at radius 3 is 1.67 bits per heavy atom. The second-order valence-electron chi connectivity index (χ2n) is 15.6. The molecule has 4 aliphatic rings. The average Bonchev–Trinajstić information content (AvgIpc) is 3.70. The van der Waals surface area contributed by atoms with Gasteiger partial charge < -0.3 is 30.3 Å². The topological polar surface area (TPSA) is 51.6 Å². The Hall–Kier alpha value is -1.76. The third-order valence-electron chi connectivity index (χ3n) is 10.5. The fourth-order valence-corrected chi connectivity index (χ4v) is 12.9. The van der Waals surface area contributed by atoms with Gasteiger partial charge in [-0.15, -0.1) is 28.3 Å². The summed E-state index contributed by atoms with van der Waals surface area (Å²) in [7, 11) is 2.92. The molecule has 4 nitrogen and oxygen atoms in total. The molecule has 8 rings (SSSR count). The van der Waals surface area contributed by atoms with Crippen LogP contribution in [-0.2, 0) is 33.8 Å². The predicted octanol–water partition coefficient (Wildman–Crippen LogP) is 9.46. The first kappa shape index (κ1) is 34.6. The molecule has 4 aromatic rings. The first-order chi connectivity index (χ1) is 20.9. The van der Waals surface area contributed by atoms with Crippen molar-refractivity contribution in [3.05, 3.63) is 108 Å². The van der Waals surface area contributed by atoms with E-state index in [9.17, 15) is 0 Å². The van der Waals surface area contributed by atoms with E-state index >= 15 is 0 Å². The Kier molecular flexibility index (Phi) is 10.6. The van der Waals surface area contributed by atoms with Crippen LogP contribution in [0, 0.1) is 23.7 Å². The predicted molar refractivity (Wildman–Crippen MR) is 188 cm³/mol. The van der Waals surface area contributed by atoms with Crippen LogP contribution in [0.4, 0.5) is 0 Å². The van der Waals surface area contributed by atoms with Crippen LogP contribution in [0.5, 0.6) is 0 Å². The molecule has 0 radical (unpaired) electrons. The Morgan fingerprint density at radius 2 is 1.27 bits per heavy atom. The van der Waals surface area contributed by atoms with Crippen LogP contribution in [0.25, 0.3) is 0 Å². The molecule has 0 aliphatic heterocycles. The fourth-order valence-electron chi connectivity index (χ4n) is 8.60. The monoisotopic (exact) mass is 680 g/mol. The van der Waals surface area contributed by atoms with Gasteiger partial charge in [0.05, 0.1) is 16.5 Å². The van der Waals surface area contributed by atoms with Crippen molar-refractivity contribution in [2.45, 2.75) is 101 Å². The van der Waals surface area contributed by atoms with Crippen LogP contribution in [0.2, 0.25) is 0 Å². The molecule has 0 spiro atoms. The minimum absolute atomic E-state index is 0. The molecule has 4 aliphatic carbocycles. The summed E-state index contributed by atoms with van der Waals surface area (Å²) in [6, 6.07) is 15.0. The Morgan fingerprint density at radius 1 is 0.778 bits per heavy atom. The van der Waals surface area contributed by atoms with E-state index in [0.29, 0.717) is 5.16 Å². The summed E-state index contributed by atoms with van der Waals surface area (Å²) in [4.78, 5) is 18.7. The van der Waals surface area contributed by atoms with Crippen molar-refractivity contribution in [1.29, 1.82) is 0 Å². The Balaban J connectivity index is 0.000000609. The van der Waals surface area contributed by atoms with Gasteiger partial charge in [-0.3, -0.25) is 19.9 Å². The van der Waals surface area contributed by atoms with Gasteiger partial charge in [0.1, 0.15) is 0 Å². The van der Waals surface area contributed by atoms with E-state index in [1.807, 2.05) is 42.7 Å². The van der Waals surface area contributed by atoms with Gasteiger partial charge in [0.2, 0.25) is 0 Å². The van der Waals surface area contributed by atoms with Crippen LogP contribution in [0.15, 0.2) is 79.6 Å². The molecule has 246 valence electrons. The van der Waals surface area contributed by atoms with Crippen molar-refractivity contribution >= 4 is 17.2 Å². The summed E-state index contributed by atoms with van der Waals surface area (Å²) in [6.45, 7) is 14.6. The second-order valence-corrected chi connectivity index (χ2v) is 19.7. The maximum atomic E-state index is 4.85. The first-order valence-electron chi connectivity index (χ1n) is 16.5. The molecule has 2 aromatic heterocycles. The van der Waals surface area contributed by atoms with Gasteiger partial charge >= 0.3 is 0 Å². The van der Waals surface area contributed by atoms with Crippen molar-refractivity contribution in [2.24, 2.45) is 23.7 Å². The zero-order chi connectivity index (χ0) is 31.1. The largest absolute Gasteiger partial charge is 0.748 e. The van der Waals surface area contributed by atoms with Gasteiger partial charge in [0.25, 0.3) is 0 Å². The van der Waals surface area contributed by atoms with Crippen LogP contribution in [0.3, 0.4) is 0 Å². The van der Waals surface area contributed by atoms with E-state index < -0.39 is 5.16 Å². The van der Waals surface area contributed by atoms with Crippen LogP contribution >= 0.6 is 17.2 Å². The van der Waals surface area contributed by atoms with E-state index in [1.54, 1.807) is 24.8 Å². The summed E-state index contributed by atoms with van der Waals surface area (Å²) in [5, 5.41) is -0.307. The van der Waals surface area contributed by atoms with Gasteiger partial charge in [-0.1, -0.05) is 53.1 Å². The van der Waals surface area contributed by atoms with Crippen LogP contribution in [0.1, 0.15) is 102 Å². The van der Waals surface area contributed by atoms with E-state index in [4.69, 9.17) is 9.97 Å². The molecular formula is C38H50FeN4P2-6. The number of rotatable bonds is 6. The van der Waals surface area contributed by atoms with Crippen molar-refractivity contribution in [3.8, 4) is 0 Å². The van der Waals surface area contributed by atoms with Gasteiger partial charge in [0, 0.05) is 54.2 Å². The van der Waals surface area contributed by atoms with Gasteiger partial charge in [-0.2, -0.15) is 11.6 Å². The van der Waals surface area contributed by atoms with Crippen molar-refractivity contribution in [2.75, 3.05) is 0 Å². The molecule has 0 saturated heterocycles. The normalized spacial score (nSPS) is 24.8. The first-order valence-corrected chi connectivity index (χ1v) is 18.7. The third-order valence-corrected chi connectivity index (χ3v) is 15.4. The summed E-state index contributed by atoms with van der Waals surface area (Å²) in [5.41, 5.74) is 6.91. The Labute approximate surface area is 285 Å². The quantitative estimate of drug-likeness (QED) is 0.116. The standard InChI is InChI=1S/C33H45N4P2.C5H5.Fe/c1-31(2,3)26-16-25(20-39(32(4,5)6)30-23-12-21-11-22(14-23)15-24(30)13-21)27(17-26)33(38,28-18-34-7-9-36-28)29-19-35-8-10-37-29;1-2-4-5-3-1;/h7-10,16-19,21-24,30H,11-15,20,38H2,1-6H3;1-5H;/q-1;-5;. The zero-order valence-electron chi connectivity index (χ0n) is 27.8. The molecule has 0 amide bonds. The molecule has 4 saturated carbocycles. The summed E-state index contributed by atoms with van der Waals surface area (Å²) in [6.07, 6.45) is 19.5. The van der Waals surface area contributed by atoms with E-state index in [2.05, 4.69) is 72.9 Å². The fraction of sp³-hybridized carbons (Fsp3) is 0.526. The SMILES string of the molecule is CC(C)(C)c1cc(C(P)(c2cnccn2)c2cnccn2)[c-](CP(C2C3CC4CC(C3)CC2C4)C(C)(C)C)c1.[Fe].[cH-]1[cH-][cH-][cH-][cH-]1. The number of nitrogens with zero attached hydrogens (tertiary/aromatic N) is 4. The van der Waals surface area contributed by atoms with Gasteiger partial charge in [0.15, 0.2) is 0 Å². The number of aromatic nitrogens is 4. The minimum atomic E-state index is -0.607. The van der Waals surface area contributed by atoms with Crippen molar-refractivity contribution in [1.82, 2.24) is 19.9 Å². The van der Waals surface area contributed by atoms with E-state index in [-0.39, 0.29) is 30.4 Å². The summed E-state index contributed by atoms with van der Waals surface area (Å²) >= 11 is 0. The van der Waals surface area contributed by atoms with Crippen molar-refractivity contribution < 1.29 is 17.1 Å².